The molecule has 1 heterocycles. The molecule has 2 aromatic carbocycles. The highest BCUT2D eigenvalue weighted by Gasteiger charge is 2.36. The minimum absolute atomic E-state index is 0.0973. The molecule has 0 spiro atoms. The largest absolute Gasteiger partial charge is 0.338 e. The summed E-state index contributed by atoms with van der Waals surface area (Å²) in [7, 11) is 0. The second-order valence-electron chi connectivity index (χ2n) is 5.97. The zero-order valence-corrected chi connectivity index (χ0v) is 14.4. The highest BCUT2D eigenvalue weighted by Crippen LogP contribution is 2.34. The summed E-state index contributed by atoms with van der Waals surface area (Å²) in [6.45, 7) is 1.53. The second kappa shape index (κ2) is 7.09. The van der Waals surface area contributed by atoms with E-state index >= 15 is 0 Å². The minimum atomic E-state index is -0.654. The Morgan fingerprint density at radius 2 is 1.88 bits per heavy atom. The fourth-order valence-electron chi connectivity index (χ4n) is 3.21. The highest BCUT2D eigenvalue weighted by molar-refractivity contribution is 6.36. The van der Waals surface area contributed by atoms with E-state index in [1.54, 1.807) is 4.90 Å². The first-order valence-electron chi connectivity index (χ1n) is 7.70. The minimum Gasteiger partial charge on any atom is -0.338 e. The zero-order chi connectivity index (χ0) is 17.3. The Labute approximate surface area is 150 Å². The van der Waals surface area contributed by atoms with Crippen LogP contribution in [-0.4, -0.2) is 30.4 Å². The second-order valence-corrected chi connectivity index (χ2v) is 6.78. The van der Waals surface area contributed by atoms with Gasteiger partial charge in [0.05, 0.1) is 15.6 Å². The van der Waals surface area contributed by atoms with Gasteiger partial charge in [-0.3, -0.25) is 4.79 Å². The Hall–Kier alpha value is -1.62. The van der Waals surface area contributed by atoms with E-state index in [0.29, 0.717) is 19.6 Å². The van der Waals surface area contributed by atoms with Gasteiger partial charge in [-0.15, -0.1) is 0 Å². The van der Waals surface area contributed by atoms with Crippen LogP contribution in [0.1, 0.15) is 21.8 Å². The average molecular weight is 367 g/mol. The third-order valence-corrected chi connectivity index (χ3v) is 5.10. The molecule has 24 heavy (non-hydrogen) atoms. The molecule has 2 N–H and O–H groups in total. The SMILES string of the molecule is NC[C@@H]1CN(C(=O)c2cc(F)c(Cl)cc2Cl)C[C@H]1c1ccccc1. The van der Waals surface area contributed by atoms with Crippen LogP contribution in [0.5, 0.6) is 0 Å². The lowest BCUT2D eigenvalue weighted by molar-refractivity contribution is 0.0786. The Bertz CT molecular complexity index is 754. The normalized spacial score (nSPS) is 20.4. The van der Waals surface area contributed by atoms with E-state index in [1.807, 2.05) is 30.3 Å². The first kappa shape index (κ1) is 17.2. The van der Waals surface area contributed by atoms with Crippen molar-refractivity contribution in [1.82, 2.24) is 4.90 Å². The molecule has 0 radical (unpaired) electrons. The van der Waals surface area contributed by atoms with Crippen molar-refractivity contribution in [2.45, 2.75) is 5.92 Å². The number of carbonyl (C=O) groups is 1. The molecule has 2 aromatic rings. The van der Waals surface area contributed by atoms with Crippen LogP contribution < -0.4 is 5.73 Å². The number of hydrogen-bond acceptors (Lipinski definition) is 2. The molecule has 0 bridgehead atoms. The topological polar surface area (TPSA) is 46.3 Å². The summed E-state index contributed by atoms with van der Waals surface area (Å²) in [4.78, 5) is 14.4. The molecular weight excluding hydrogens is 350 g/mol. The molecule has 3 rings (SSSR count). The van der Waals surface area contributed by atoms with Gasteiger partial charge in [-0.1, -0.05) is 53.5 Å². The zero-order valence-electron chi connectivity index (χ0n) is 12.9. The van der Waals surface area contributed by atoms with Gasteiger partial charge in [0.1, 0.15) is 5.82 Å². The van der Waals surface area contributed by atoms with Crippen LogP contribution in [0, 0.1) is 11.7 Å². The molecule has 6 heteroatoms. The number of rotatable bonds is 3. The van der Waals surface area contributed by atoms with Gasteiger partial charge in [0, 0.05) is 19.0 Å². The van der Waals surface area contributed by atoms with Crippen molar-refractivity contribution in [1.29, 1.82) is 0 Å². The average Bonchev–Trinajstić information content (AvgIpc) is 3.02. The summed E-state index contributed by atoms with van der Waals surface area (Å²) < 4.78 is 13.7. The van der Waals surface area contributed by atoms with E-state index in [-0.39, 0.29) is 33.4 Å². The molecule has 1 aliphatic heterocycles. The quantitative estimate of drug-likeness (QED) is 0.836. The van der Waals surface area contributed by atoms with Gasteiger partial charge >= 0.3 is 0 Å². The Balaban J connectivity index is 1.86. The summed E-state index contributed by atoms with van der Waals surface area (Å²) in [5.74, 6) is -0.630. The Morgan fingerprint density at radius 3 is 2.54 bits per heavy atom. The molecule has 1 aliphatic rings. The maximum absolute atomic E-state index is 13.7. The van der Waals surface area contributed by atoms with Gasteiger partial charge < -0.3 is 10.6 Å². The lowest BCUT2D eigenvalue weighted by Gasteiger charge is -2.17. The monoisotopic (exact) mass is 366 g/mol. The Kier molecular flexibility index (Phi) is 5.09. The van der Waals surface area contributed by atoms with Crippen LogP contribution in [0.3, 0.4) is 0 Å². The van der Waals surface area contributed by atoms with Gasteiger partial charge in [-0.05, 0) is 30.2 Å². The number of nitrogens with zero attached hydrogens (tertiary/aromatic N) is 1. The summed E-state index contributed by atoms with van der Waals surface area (Å²) in [6, 6.07) is 12.3. The number of hydrogen-bond donors (Lipinski definition) is 1. The molecule has 1 fully saturated rings. The predicted octanol–water partition coefficient (Wildman–Crippen LogP) is 3.95. The molecule has 126 valence electrons. The summed E-state index contributed by atoms with van der Waals surface area (Å²) >= 11 is 11.8. The van der Waals surface area contributed by atoms with Crippen molar-refractivity contribution in [3.05, 3.63) is 69.5 Å². The van der Waals surface area contributed by atoms with Crippen molar-refractivity contribution in [2.75, 3.05) is 19.6 Å². The van der Waals surface area contributed by atoms with E-state index in [9.17, 15) is 9.18 Å². The van der Waals surface area contributed by atoms with Crippen LogP contribution in [0.2, 0.25) is 10.0 Å². The van der Waals surface area contributed by atoms with Crippen LogP contribution in [0.4, 0.5) is 4.39 Å². The van der Waals surface area contributed by atoms with Gasteiger partial charge in [0.2, 0.25) is 0 Å². The molecule has 0 unspecified atom stereocenters. The highest BCUT2D eigenvalue weighted by atomic mass is 35.5. The molecule has 0 saturated carbocycles. The molecule has 1 amide bonds. The van der Waals surface area contributed by atoms with E-state index in [2.05, 4.69) is 0 Å². The van der Waals surface area contributed by atoms with Gasteiger partial charge in [0.15, 0.2) is 0 Å². The van der Waals surface area contributed by atoms with Crippen LogP contribution >= 0.6 is 23.2 Å². The molecular formula is C18H17Cl2FN2O. The molecule has 3 nitrogen and oxygen atoms in total. The molecule has 0 aromatic heterocycles. The number of likely N-dealkylation sites (tertiary alicyclic amines) is 1. The van der Waals surface area contributed by atoms with Crippen molar-refractivity contribution in [3.8, 4) is 0 Å². The maximum atomic E-state index is 13.7. The standard InChI is InChI=1S/C18H17Cl2FN2O/c19-15-7-16(20)17(21)6-13(15)18(24)23-9-12(8-22)14(10-23)11-4-2-1-3-5-11/h1-7,12,14H,8-10,22H2/t12-,14+/m1/s1. The number of amides is 1. The van der Waals surface area contributed by atoms with E-state index in [1.165, 1.54) is 6.07 Å². The molecule has 1 saturated heterocycles. The number of benzene rings is 2. The summed E-state index contributed by atoms with van der Waals surface area (Å²) in [6.07, 6.45) is 0. The first-order chi connectivity index (χ1) is 11.5. The van der Waals surface area contributed by atoms with Gasteiger partial charge in [-0.25, -0.2) is 4.39 Å². The van der Waals surface area contributed by atoms with E-state index < -0.39 is 5.82 Å². The Morgan fingerprint density at radius 1 is 1.17 bits per heavy atom. The third-order valence-electron chi connectivity index (χ3n) is 4.50. The fourth-order valence-corrected chi connectivity index (χ4v) is 3.67. The van der Waals surface area contributed by atoms with Gasteiger partial charge in [-0.2, -0.15) is 0 Å². The van der Waals surface area contributed by atoms with Crippen LogP contribution in [0.25, 0.3) is 0 Å². The summed E-state index contributed by atoms with van der Waals surface area (Å²) in [5, 5.41) is 0.0545. The van der Waals surface area contributed by atoms with Crippen molar-refractivity contribution in [3.63, 3.8) is 0 Å². The van der Waals surface area contributed by atoms with Crippen molar-refractivity contribution in [2.24, 2.45) is 11.7 Å². The summed E-state index contributed by atoms with van der Waals surface area (Å²) in [5.41, 5.74) is 7.17. The predicted molar refractivity (Wildman–Crippen MR) is 94.1 cm³/mol. The van der Waals surface area contributed by atoms with E-state index in [4.69, 9.17) is 28.9 Å². The lowest BCUT2D eigenvalue weighted by Crippen LogP contribution is -2.30. The smallest absolute Gasteiger partial charge is 0.255 e. The number of halogens is 3. The fraction of sp³-hybridized carbons (Fsp3) is 0.278. The number of carbonyl (C=O) groups excluding carboxylic acids is 1. The van der Waals surface area contributed by atoms with Crippen LogP contribution in [-0.2, 0) is 0 Å². The lowest BCUT2D eigenvalue weighted by atomic mass is 9.89. The van der Waals surface area contributed by atoms with E-state index in [0.717, 1.165) is 11.6 Å². The molecule has 2 atom stereocenters. The number of nitrogens with two attached hydrogens (primary N) is 1. The first-order valence-corrected chi connectivity index (χ1v) is 8.45. The van der Waals surface area contributed by atoms with Crippen LogP contribution in [0.15, 0.2) is 42.5 Å². The van der Waals surface area contributed by atoms with Crippen molar-refractivity contribution < 1.29 is 9.18 Å². The van der Waals surface area contributed by atoms with Gasteiger partial charge in [0.25, 0.3) is 5.91 Å². The van der Waals surface area contributed by atoms with Crippen molar-refractivity contribution >= 4 is 29.1 Å². The molecule has 0 aliphatic carbocycles. The maximum Gasteiger partial charge on any atom is 0.255 e. The third kappa shape index (κ3) is 3.27.